The second-order valence-corrected chi connectivity index (χ2v) is 6.20. The Morgan fingerprint density at radius 1 is 1.11 bits per heavy atom. The van der Waals surface area contributed by atoms with E-state index in [1.807, 2.05) is 24.3 Å². The molecule has 6 nitrogen and oxygen atoms in total. The molecule has 0 aliphatic rings. The van der Waals surface area contributed by atoms with Crippen molar-refractivity contribution in [3.05, 3.63) is 59.1 Å². The van der Waals surface area contributed by atoms with E-state index in [9.17, 15) is 9.59 Å². The molecule has 1 N–H and O–H groups in total. The van der Waals surface area contributed by atoms with Crippen LogP contribution in [0.2, 0.25) is 5.02 Å². The molecule has 0 saturated carbocycles. The summed E-state index contributed by atoms with van der Waals surface area (Å²) in [5.74, 6) is 0.242. The van der Waals surface area contributed by atoms with Gasteiger partial charge in [0.2, 0.25) is 0 Å². The summed E-state index contributed by atoms with van der Waals surface area (Å²) in [7, 11) is 1.61. The SMILES string of the molecule is COc1ccc(CCNC(=O)[C@@H](C)OC(=O)COc2cccc(Cl)c2)cc1. The van der Waals surface area contributed by atoms with E-state index >= 15 is 0 Å². The molecule has 0 fully saturated rings. The first kappa shape index (κ1) is 20.6. The van der Waals surface area contributed by atoms with Gasteiger partial charge in [0.1, 0.15) is 11.5 Å². The normalized spacial score (nSPS) is 11.4. The summed E-state index contributed by atoms with van der Waals surface area (Å²) in [6.45, 7) is 1.65. The number of ether oxygens (including phenoxy) is 3. The molecule has 0 aliphatic carbocycles. The second kappa shape index (κ2) is 10.4. The van der Waals surface area contributed by atoms with Crippen molar-refractivity contribution in [3.63, 3.8) is 0 Å². The monoisotopic (exact) mass is 391 g/mol. The minimum absolute atomic E-state index is 0.302. The molecule has 144 valence electrons. The molecule has 0 bridgehead atoms. The number of methoxy groups -OCH3 is 1. The van der Waals surface area contributed by atoms with Crippen LogP contribution >= 0.6 is 11.6 Å². The topological polar surface area (TPSA) is 73.9 Å². The summed E-state index contributed by atoms with van der Waals surface area (Å²) in [5, 5.41) is 3.25. The van der Waals surface area contributed by atoms with E-state index in [1.54, 1.807) is 31.4 Å². The third-order valence-electron chi connectivity index (χ3n) is 3.70. The van der Waals surface area contributed by atoms with Crippen LogP contribution in [-0.4, -0.2) is 38.2 Å². The maximum Gasteiger partial charge on any atom is 0.344 e. The van der Waals surface area contributed by atoms with Crippen molar-refractivity contribution in [3.8, 4) is 11.5 Å². The Kier molecular flexibility index (Phi) is 7.95. The summed E-state index contributed by atoms with van der Waals surface area (Å²) < 4.78 is 15.5. The maximum absolute atomic E-state index is 12.0. The van der Waals surface area contributed by atoms with Crippen LogP contribution in [0.5, 0.6) is 11.5 Å². The van der Waals surface area contributed by atoms with Crippen molar-refractivity contribution in [2.24, 2.45) is 0 Å². The Hall–Kier alpha value is -2.73. The predicted octanol–water partition coefficient (Wildman–Crippen LogP) is 3.02. The van der Waals surface area contributed by atoms with Crippen LogP contribution in [-0.2, 0) is 20.7 Å². The number of rotatable bonds is 9. The van der Waals surface area contributed by atoms with Gasteiger partial charge in [-0.3, -0.25) is 4.79 Å². The number of benzene rings is 2. The average Bonchev–Trinajstić information content (AvgIpc) is 2.67. The van der Waals surface area contributed by atoms with Crippen LogP contribution in [0.1, 0.15) is 12.5 Å². The van der Waals surface area contributed by atoms with Gasteiger partial charge in [0.05, 0.1) is 7.11 Å². The van der Waals surface area contributed by atoms with Gasteiger partial charge in [-0.05, 0) is 49.2 Å². The summed E-state index contributed by atoms with van der Waals surface area (Å²) in [6.07, 6.45) is -0.245. The Bertz CT molecular complexity index is 763. The summed E-state index contributed by atoms with van der Waals surface area (Å²) in [4.78, 5) is 23.8. The van der Waals surface area contributed by atoms with Gasteiger partial charge in [-0.1, -0.05) is 29.8 Å². The fraction of sp³-hybridized carbons (Fsp3) is 0.300. The lowest BCUT2D eigenvalue weighted by molar-refractivity contribution is -0.156. The number of carbonyl (C=O) groups excluding carboxylic acids is 2. The number of hydrogen-bond acceptors (Lipinski definition) is 5. The maximum atomic E-state index is 12.0. The molecule has 0 spiro atoms. The van der Waals surface area contributed by atoms with Crippen LogP contribution in [0.3, 0.4) is 0 Å². The molecule has 7 heteroatoms. The Morgan fingerprint density at radius 3 is 2.52 bits per heavy atom. The molecule has 1 amide bonds. The van der Waals surface area contributed by atoms with E-state index in [0.717, 1.165) is 11.3 Å². The highest BCUT2D eigenvalue weighted by Crippen LogP contribution is 2.17. The van der Waals surface area contributed by atoms with E-state index in [0.29, 0.717) is 23.7 Å². The largest absolute Gasteiger partial charge is 0.497 e. The number of amides is 1. The number of nitrogens with one attached hydrogen (secondary N) is 1. The molecule has 1 atom stereocenters. The van der Waals surface area contributed by atoms with Crippen LogP contribution in [0.4, 0.5) is 0 Å². The van der Waals surface area contributed by atoms with E-state index in [-0.39, 0.29) is 12.5 Å². The lowest BCUT2D eigenvalue weighted by Crippen LogP contribution is -2.37. The van der Waals surface area contributed by atoms with Gasteiger partial charge < -0.3 is 19.5 Å². The fourth-order valence-corrected chi connectivity index (χ4v) is 2.43. The standard InChI is InChI=1S/C20H22ClNO5/c1-14(27-19(23)13-26-18-5-3-4-16(21)12-18)20(24)22-11-10-15-6-8-17(25-2)9-7-15/h3-9,12,14H,10-11,13H2,1-2H3,(H,22,24)/t14-/m1/s1. The van der Waals surface area contributed by atoms with Gasteiger partial charge >= 0.3 is 5.97 Å². The van der Waals surface area contributed by atoms with Gasteiger partial charge in [0, 0.05) is 11.6 Å². The minimum atomic E-state index is -0.906. The Labute approximate surface area is 163 Å². The molecule has 0 aromatic heterocycles. The Morgan fingerprint density at radius 2 is 1.85 bits per heavy atom. The molecule has 0 unspecified atom stereocenters. The minimum Gasteiger partial charge on any atom is -0.497 e. The third kappa shape index (κ3) is 7.19. The molecule has 0 radical (unpaired) electrons. The molecule has 0 aliphatic heterocycles. The van der Waals surface area contributed by atoms with Crippen LogP contribution < -0.4 is 14.8 Å². The van der Waals surface area contributed by atoms with Crippen molar-refractivity contribution in [2.75, 3.05) is 20.3 Å². The quantitative estimate of drug-likeness (QED) is 0.665. The molecule has 2 aromatic rings. The van der Waals surface area contributed by atoms with Gasteiger partial charge in [0.15, 0.2) is 12.7 Å². The number of esters is 1. The van der Waals surface area contributed by atoms with Gasteiger partial charge in [-0.2, -0.15) is 0 Å². The van der Waals surface area contributed by atoms with Crippen molar-refractivity contribution < 1.29 is 23.8 Å². The molecule has 2 rings (SSSR count). The van der Waals surface area contributed by atoms with E-state index in [1.165, 1.54) is 6.92 Å². The lowest BCUT2D eigenvalue weighted by atomic mass is 10.1. The predicted molar refractivity (Wildman–Crippen MR) is 102 cm³/mol. The summed E-state index contributed by atoms with van der Waals surface area (Å²) in [5.41, 5.74) is 1.07. The van der Waals surface area contributed by atoms with E-state index in [2.05, 4.69) is 5.32 Å². The molecule has 0 saturated heterocycles. The van der Waals surface area contributed by atoms with Gasteiger partial charge in [-0.15, -0.1) is 0 Å². The highest BCUT2D eigenvalue weighted by atomic mass is 35.5. The second-order valence-electron chi connectivity index (χ2n) is 5.77. The van der Waals surface area contributed by atoms with Crippen LogP contribution in [0.15, 0.2) is 48.5 Å². The zero-order valence-electron chi connectivity index (χ0n) is 15.2. The Balaban J connectivity index is 1.68. The van der Waals surface area contributed by atoms with Gasteiger partial charge in [-0.25, -0.2) is 4.79 Å². The molecule has 2 aromatic carbocycles. The van der Waals surface area contributed by atoms with Crippen LogP contribution in [0, 0.1) is 0 Å². The zero-order chi connectivity index (χ0) is 19.6. The van der Waals surface area contributed by atoms with Crippen LogP contribution in [0.25, 0.3) is 0 Å². The first-order valence-corrected chi connectivity index (χ1v) is 8.84. The number of carbonyl (C=O) groups is 2. The van der Waals surface area contributed by atoms with Crippen molar-refractivity contribution in [2.45, 2.75) is 19.4 Å². The zero-order valence-corrected chi connectivity index (χ0v) is 16.0. The van der Waals surface area contributed by atoms with E-state index in [4.69, 9.17) is 25.8 Å². The average molecular weight is 392 g/mol. The molecule has 0 heterocycles. The lowest BCUT2D eigenvalue weighted by Gasteiger charge is -2.14. The molecule has 27 heavy (non-hydrogen) atoms. The highest BCUT2D eigenvalue weighted by molar-refractivity contribution is 6.30. The number of hydrogen-bond donors (Lipinski definition) is 1. The molecular weight excluding hydrogens is 370 g/mol. The third-order valence-corrected chi connectivity index (χ3v) is 3.94. The summed E-state index contributed by atoms with van der Waals surface area (Å²) in [6, 6.07) is 14.3. The van der Waals surface area contributed by atoms with E-state index < -0.39 is 12.1 Å². The highest BCUT2D eigenvalue weighted by Gasteiger charge is 2.17. The first-order chi connectivity index (χ1) is 13.0. The molecular formula is C20H22ClNO5. The first-order valence-electron chi connectivity index (χ1n) is 8.46. The fourth-order valence-electron chi connectivity index (χ4n) is 2.25. The number of halogens is 1. The van der Waals surface area contributed by atoms with Crippen molar-refractivity contribution in [1.29, 1.82) is 0 Å². The summed E-state index contributed by atoms with van der Waals surface area (Å²) >= 11 is 5.84. The van der Waals surface area contributed by atoms with Gasteiger partial charge in [0.25, 0.3) is 5.91 Å². The van der Waals surface area contributed by atoms with Crippen molar-refractivity contribution in [1.82, 2.24) is 5.32 Å². The smallest absolute Gasteiger partial charge is 0.344 e. The van der Waals surface area contributed by atoms with Crippen molar-refractivity contribution >= 4 is 23.5 Å².